The van der Waals surface area contributed by atoms with Gasteiger partial charge in [-0.05, 0) is 42.7 Å². The first-order chi connectivity index (χ1) is 6.36. The van der Waals surface area contributed by atoms with Crippen molar-refractivity contribution in [2.45, 2.75) is 38.2 Å². The lowest BCUT2D eigenvalue weighted by Crippen LogP contribution is -2.10. The van der Waals surface area contributed by atoms with Gasteiger partial charge in [-0.15, -0.1) is 0 Å². The molecule has 0 amide bonds. The number of ether oxygens (including phenoxy) is 1. The Hall–Kier alpha value is -0.630. The van der Waals surface area contributed by atoms with Crippen LogP contribution in [0.1, 0.15) is 32.1 Å². The number of ketones is 1. The minimum Gasteiger partial charge on any atom is -0.374 e. The fourth-order valence-corrected chi connectivity index (χ4v) is 3.02. The van der Waals surface area contributed by atoms with Gasteiger partial charge in [0.25, 0.3) is 0 Å². The summed E-state index contributed by atoms with van der Waals surface area (Å²) in [6, 6.07) is 0. The van der Waals surface area contributed by atoms with Gasteiger partial charge in [0.2, 0.25) is 0 Å². The van der Waals surface area contributed by atoms with E-state index in [0.717, 1.165) is 37.9 Å². The smallest absolute Gasteiger partial charge is 0.159 e. The molecule has 1 aliphatic heterocycles. The molecule has 2 nitrogen and oxygen atoms in total. The lowest BCUT2D eigenvalue weighted by Gasteiger charge is -2.10. The molecule has 0 aromatic carbocycles. The fourth-order valence-electron chi connectivity index (χ4n) is 3.02. The average Bonchev–Trinajstić information content (AvgIpc) is 2.55. The third-order valence-electron chi connectivity index (χ3n) is 3.57. The summed E-state index contributed by atoms with van der Waals surface area (Å²) in [7, 11) is 0. The third-order valence-corrected chi connectivity index (χ3v) is 3.57. The summed E-state index contributed by atoms with van der Waals surface area (Å²) >= 11 is 0. The van der Waals surface area contributed by atoms with Crippen molar-refractivity contribution < 1.29 is 9.53 Å². The molecule has 1 fully saturated rings. The van der Waals surface area contributed by atoms with Crippen LogP contribution in [0.2, 0.25) is 0 Å². The van der Waals surface area contributed by atoms with Crippen molar-refractivity contribution in [2.24, 2.45) is 5.92 Å². The van der Waals surface area contributed by atoms with E-state index in [1.165, 1.54) is 12.0 Å². The van der Waals surface area contributed by atoms with Crippen LogP contribution in [0, 0.1) is 5.92 Å². The number of Topliss-reactive ketones (excluding diaryl/α,β-unsaturated/α-hetero) is 1. The van der Waals surface area contributed by atoms with Gasteiger partial charge in [0.05, 0.1) is 6.10 Å². The van der Waals surface area contributed by atoms with Crippen molar-refractivity contribution in [1.29, 1.82) is 0 Å². The maximum absolute atomic E-state index is 11.6. The number of carbonyl (C=O) groups excluding carboxylic acids is 1. The molecular formula is C11H14O2. The summed E-state index contributed by atoms with van der Waals surface area (Å²) in [5.74, 6) is 0.973. The second-order valence-electron chi connectivity index (χ2n) is 4.30. The zero-order valence-corrected chi connectivity index (χ0v) is 7.71. The minimum atomic E-state index is 0.314. The fraction of sp³-hybridized carbons (Fsp3) is 0.727. The first-order valence-corrected chi connectivity index (χ1v) is 5.24. The molecule has 0 spiro atoms. The largest absolute Gasteiger partial charge is 0.374 e. The molecule has 0 radical (unpaired) electrons. The van der Waals surface area contributed by atoms with Gasteiger partial charge in [-0.3, -0.25) is 4.79 Å². The molecule has 2 heteroatoms. The van der Waals surface area contributed by atoms with E-state index in [-0.39, 0.29) is 0 Å². The second kappa shape index (κ2) is 2.68. The zero-order valence-electron chi connectivity index (χ0n) is 7.71. The van der Waals surface area contributed by atoms with Gasteiger partial charge >= 0.3 is 0 Å². The molecule has 2 aliphatic carbocycles. The van der Waals surface area contributed by atoms with E-state index in [1.54, 1.807) is 0 Å². The van der Waals surface area contributed by atoms with Gasteiger partial charge in [0, 0.05) is 13.0 Å². The van der Waals surface area contributed by atoms with E-state index >= 15 is 0 Å². The van der Waals surface area contributed by atoms with Crippen LogP contribution >= 0.6 is 0 Å². The van der Waals surface area contributed by atoms with Crippen LogP contribution in [-0.4, -0.2) is 18.5 Å². The van der Waals surface area contributed by atoms with Crippen molar-refractivity contribution in [2.75, 3.05) is 6.61 Å². The summed E-state index contributed by atoms with van der Waals surface area (Å²) in [5, 5.41) is 0. The van der Waals surface area contributed by atoms with Crippen molar-refractivity contribution >= 4 is 5.78 Å². The molecule has 13 heavy (non-hydrogen) atoms. The van der Waals surface area contributed by atoms with Gasteiger partial charge in [0.15, 0.2) is 5.78 Å². The third kappa shape index (κ3) is 1.01. The van der Waals surface area contributed by atoms with E-state index in [2.05, 4.69) is 0 Å². The van der Waals surface area contributed by atoms with Crippen LogP contribution in [0.5, 0.6) is 0 Å². The summed E-state index contributed by atoms with van der Waals surface area (Å²) in [5.41, 5.74) is 2.53. The topological polar surface area (TPSA) is 26.3 Å². The van der Waals surface area contributed by atoms with Crippen molar-refractivity contribution in [3.63, 3.8) is 0 Å². The van der Waals surface area contributed by atoms with Crippen molar-refractivity contribution in [3.05, 3.63) is 11.1 Å². The summed E-state index contributed by atoms with van der Waals surface area (Å²) < 4.78 is 5.75. The van der Waals surface area contributed by atoms with Crippen LogP contribution in [0.4, 0.5) is 0 Å². The highest BCUT2D eigenvalue weighted by atomic mass is 16.5. The van der Waals surface area contributed by atoms with Gasteiger partial charge in [-0.25, -0.2) is 0 Å². The van der Waals surface area contributed by atoms with Gasteiger partial charge in [0.1, 0.15) is 0 Å². The molecule has 1 unspecified atom stereocenters. The van der Waals surface area contributed by atoms with Gasteiger partial charge < -0.3 is 4.74 Å². The number of allylic oxidation sites excluding steroid dienone is 1. The van der Waals surface area contributed by atoms with Gasteiger partial charge in [-0.2, -0.15) is 0 Å². The van der Waals surface area contributed by atoms with Gasteiger partial charge in [-0.1, -0.05) is 0 Å². The van der Waals surface area contributed by atoms with E-state index in [9.17, 15) is 4.79 Å². The predicted molar refractivity (Wildman–Crippen MR) is 48.3 cm³/mol. The van der Waals surface area contributed by atoms with Crippen LogP contribution in [-0.2, 0) is 9.53 Å². The van der Waals surface area contributed by atoms with E-state index in [0.29, 0.717) is 17.8 Å². The lowest BCUT2D eigenvalue weighted by atomic mass is 10.0. The van der Waals surface area contributed by atoms with E-state index < -0.39 is 0 Å². The number of hydrogen-bond acceptors (Lipinski definition) is 2. The van der Waals surface area contributed by atoms with Crippen molar-refractivity contribution in [1.82, 2.24) is 0 Å². The first-order valence-electron chi connectivity index (χ1n) is 5.24. The highest BCUT2D eigenvalue weighted by Gasteiger charge is 2.41. The molecule has 2 atom stereocenters. The molecule has 3 rings (SSSR count). The molecule has 0 bridgehead atoms. The first kappa shape index (κ1) is 7.74. The van der Waals surface area contributed by atoms with Crippen LogP contribution < -0.4 is 0 Å². The summed E-state index contributed by atoms with van der Waals surface area (Å²) in [4.78, 5) is 11.6. The Morgan fingerprint density at radius 3 is 3.15 bits per heavy atom. The molecule has 1 saturated carbocycles. The highest BCUT2D eigenvalue weighted by Crippen LogP contribution is 2.45. The van der Waals surface area contributed by atoms with Crippen LogP contribution in [0.3, 0.4) is 0 Å². The molecule has 0 N–H and O–H groups in total. The molecule has 0 aromatic heterocycles. The lowest BCUT2D eigenvalue weighted by molar-refractivity contribution is -0.115. The number of rotatable bonds is 0. The molecular weight excluding hydrogens is 164 g/mol. The second-order valence-corrected chi connectivity index (χ2v) is 4.30. The van der Waals surface area contributed by atoms with Crippen molar-refractivity contribution in [3.8, 4) is 0 Å². The maximum Gasteiger partial charge on any atom is 0.159 e. The molecule has 0 aromatic rings. The molecule has 0 saturated heterocycles. The minimum absolute atomic E-state index is 0.314. The predicted octanol–water partition coefficient (Wildman–Crippen LogP) is 1.84. The standard InChI is InChI=1S/C11H14O2/c12-9-6-7-3-4-10-11(7)8(9)2-1-5-13-10/h7,10H,1-6H2/t7?,10-/m0/s1. The van der Waals surface area contributed by atoms with Crippen LogP contribution in [0.15, 0.2) is 11.1 Å². The SMILES string of the molecule is O=C1CC2CC[C@@H]3OCCCC1=C23. The summed E-state index contributed by atoms with van der Waals surface area (Å²) in [6.45, 7) is 0.845. The Morgan fingerprint density at radius 2 is 2.23 bits per heavy atom. The molecule has 3 aliphatic rings. The molecule has 70 valence electrons. The Morgan fingerprint density at radius 1 is 1.31 bits per heavy atom. The number of carbonyl (C=O) groups is 1. The zero-order chi connectivity index (χ0) is 8.84. The average molecular weight is 178 g/mol. The molecule has 1 heterocycles. The number of hydrogen-bond donors (Lipinski definition) is 0. The quantitative estimate of drug-likeness (QED) is 0.565. The normalized spacial score (nSPS) is 38.0. The van der Waals surface area contributed by atoms with E-state index in [4.69, 9.17) is 4.74 Å². The Kier molecular flexibility index (Phi) is 1.59. The Labute approximate surface area is 78.0 Å². The monoisotopic (exact) mass is 178 g/mol. The van der Waals surface area contributed by atoms with Crippen LogP contribution in [0.25, 0.3) is 0 Å². The maximum atomic E-state index is 11.6. The Bertz CT molecular complexity index is 290. The highest BCUT2D eigenvalue weighted by molar-refractivity contribution is 5.99. The van der Waals surface area contributed by atoms with E-state index in [1.807, 2.05) is 0 Å². The Balaban J connectivity index is 2.05. The summed E-state index contributed by atoms with van der Waals surface area (Å²) in [6.07, 6.45) is 5.43.